The lowest BCUT2D eigenvalue weighted by Crippen LogP contribution is -2.45. The van der Waals surface area contributed by atoms with E-state index >= 15 is 0 Å². The van der Waals surface area contributed by atoms with Gasteiger partial charge in [-0.05, 0) is 31.0 Å². The predicted octanol–water partition coefficient (Wildman–Crippen LogP) is 3.10. The van der Waals surface area contributed by atoms with Crippen LogP contribution in [0, 0.1) is 0 Å². The molecule has 1 aromatic heterocycles. The number of carbonyl (C=O) groups is 1. The van der Waals surface area contributed by atoms with E-state index in [1.54, 1.807) is 30.0 Å². The first kappa shape index (κ1) is 17.2. The lowest BCUT2D eigenvalue weighted by molar-refractivity contribution is -0.132. The summed E-state index contributed by atoms with van der Waals surface area (Å²) >= 11 is 12.0. The number of nitrogens with two attached hydrogens (primary N) is 1. The van der Waals surface area contributed by atoms with E-state index < -0.39 is 6.04 Å². The summed E-state index contributed by atoms with van der Waals surface area (Å²) in [6.45, 7) is 3.32. The van der Waals surface area contributed by atoms with Crippen LogP contribution in [0.15, 0.2) is 22.7 Å². The maximum atomic E-state index is 12.4. The van der Waals surface area contributed by atoms with E-state index in [4.69, 9.17) is 33.5 Å². The zero-order chi connectivity index (χ0) is 17.3. The van der Waals surface area contributed by atoms with Crippen molar-refractivity contribution in [3.8, 4) is 11.4 Å². The van der Waals surface area contributed by atoms with Crippen molar-refractivity contribution in [2.75, 3.05) is 13.1 Å². The van der Waals surface area contributed by atoms with Crippen molar-refractivity contribution >= 4 is 29.1 Å². The van der Waals surface area contributed by atoms with Crippen LogP contribution < -0.4 is 5.73 Å². The van der Waals surface area contributed by atoms with Gasteiger partial charge >= 0.3 is 0 Å². The Morgan fingerprint density at radius 3 is 2.50 bits per heavy atom. The Morgan fingerprint density at radius 2 is 1.88 bits per heavy atom. The number of halogens is 2. The van der Waals surface area contributed by atoms with Gasteiger partial charge in [0.25, 0.3) is 0 Å². The number of carbonyl (C=O) groups excluding carboxylic acids is 1. The van der Waals surface area contributed by atoms with Gasteiger partial charge in [0.2, 0.25) is 17.6 Å². The van der Waals surface area contributed by atoms with E-state index in [-0.39, 0.29) is 11.8 Å². The van der Waals surface area contributed by atoms with Gasteiger partial charge in [0.1, 0.15) is 0 Å². The third kappa shape index (κ3) is 3.55. The Morgan fingerprint density at radius 1 is 1.25 bits per heavy atom. The largest absolute Gasteiger partial charge is 0.341 e. The number of benzene rings is 1. The quantitative estimate of drug-likeness (QED) is 0.895. The summed E-state index contributed by atoms with van der Waals surface area (Å²) in [5, 5.41) is 4.91. The smallest absolute Gasteiger partial charge is 0.240 e. The lowest BCUT2D eigenvalue weighted by Gasteiger charge is -2.22. The van der Waals surface area contributed by atoms with Crippen LogP contribution in [-0.2, 0) is 4.79 Å². The van der Waals surface area contributed by atoms with E-state index in [0.29, 0.717) is 27.3 Å². The molecule has 0 aliphatic carbocycles. The highest BCUT2D eigenvalue weighted by molar-refractivity contribution is 6.35. The highest BCUT2D eigenvalue weighted by Crippen LogP contribution is 2.27. The van der Waals surface area contributed by atoms with E-state index in [1.165, 1.54) is 0 Å². The summed E-state index contributed by atoms with van der Waals surface area (Å²) in [5.41, 5.74) is 6.75. The highest BCUT2D eigenvalue weighted by Gasteiger charge is 2.31. The van der Waals surface area contributed by atoms with Crippen molar-refractivity contribution in [1.82, 2.24) is 15.0 Å². The van der Waals surface area contributed by atoms with Crippen molar-refractivity contribution in [2.45, 2.75) is 31.7 Å². The normalized spacial score (nSPS) is 17.1. The molecule has 2 heterocycles. The minimum atomic E-state index is -0.709. The number of amides is 1. The fourth-order valence-electron chi connectivity index (χ4n) is 2.74. The first-order valence-corrected chi connectivity index (χ1v) is 8.56. The second-order valence-electron chi connectivity index (χ2n) is 5.96. The summed E-state index contributed by atoms with van der Waals surface area (Å²) in [4.78, 5) is 18.5. The van der Waals surface area contributed by atoms with Crippen molar-refractivity contribution in [3.05, 3.63) is 34.1 Å². The number of hydrogen-bond acceptors (Lipinski definition) is 5. The van der Waals surface area contributed by atoms with Crippen LogP contribution in [-0.4, -0.2) is 40.1 Å². The Bertz CT molecular complexity index is 723. The fourth-order valence-corrected chi connectivity index (χ4v) is 3.26. The molecule has 2 atom stereocenters. The van der Waals surface area contributed by atoms with Gasteiger partial charge in [0, 0.05) is 28.7 Å². The second kappa shape index (κ2) is 7.09. The van der Waals surface area contributed by atoms with Crippen molar-refractivity contribution in [1.29, 1.82) is 0 Å². The summed E-state index contributed by atoms with van der Waals surface area (Å²) in [7, 11) is 0. The van der Waals surface area contributed by atoms with Crippen LogP contribution in [0.25, 0.3) is 11.4 Å². The molecular formula is C16H18Cl2N4O2. The molecule has 2 aromatic rings. The number of aromatic nitrogens is 2. The maximum absolute atomic E-state index is 12.4. The SMILES string of the molecule is C[C@H](c1nc(-c2cc(Cl)cc(Cl)c2)no1)[C@H](N)C(=O)N1CCCC1. The van der Waals surface area contributed by atoms with Gasteiger partial charge in [0.05, 0.1) is 12.0 Å². The molecule has 1 fully saturated rings. The topological polar surface area (TPSA) is 85.2 Å². The molecule has 1 saturated heterocycles. The molecule has 0 unspecified atom stereocenters. The molecular weight excluding hydrogens is 351 g/mol. The van der Waals surface area contributed by atoms with Gasteiger partial charge < -0.3 is 15.2 Å². The van der Waals surface area contributed by atoms with E-state index in [0.717, 1.165) is 25.9 Å². The van der Waals surface area contributed by atoms with Gasteiger partial charge in [-0.2, -0.15) is 4.98 Å². The van der Waals surface area contributed by atoms with E-state index in [9.17, 15) is 4.79 Å². The summed E-state index contributed by atoms with van der Waals surface area (Å²) in [6.07, 6.45) is 2.04. The van der Waals surface area contributed by atoms with Gasteiger partial charge in [0.15, 0.2) is 0 Å². The van der Waals surface area contributed by atoms with Crippen molar-refractivity contribution < 1.29 is 9.32 Å². The number of likely N-dealkylation sites (tertiary alicyclic amines) is 1. The van der Waals surface area contributed by atoms with Gasteiger partial charge in [-0.1, -0.05) is 35.3 Å². The average Bonchev–Trinajstić information content (AvgIpc) is 3.23. The first-order chi connectivity index (χ1) is 11.5. The Hall–Kier alpha value is -1.63. The monoisotopic (exact) mass is 368 g/mol. The minimum absolute atomic E-state index is 0.0782. The number of rotatable bonds is 4. The Labute approximate surface area is 149 Å². The molecule has 1 aliphatic rings. The average molecular weight is 369 g/mol. The predicted molar refractivity (Wildman–Crippen MR) is 92.0 cm³/mol. The van der Waals surface area contributed by atoms with Crippen LogP contribution in [0.4, 0.5) is 0 Å². The van der Waals surface area contributed by atoms with Gasteiger partial charge in [-0.3, -0.25) is 4.79 Å². The second-order valence-corrected chi connectivity index (χ2v) is 6.83. The summed E-state index contributed by atoms with van der Waals surface area (Å²) in [6, 6.07) is 4.31. The molecule has 0 saturated carbocycles. The van der Waals surface area contributed by atoms with E-state index in [1.807, 2.05) is 0 Å². The first-order valence-electron chi connectivity index (χ1n) is 7.80. The molecule has 6 nitrogen and oxygen atoms in total. The van der Waals surface area contributed by atoms with Crippen LogP contribution in [0.1, 0.15) is 31.6 Å². The molecule has 24 heavy (non-hydrogen) atoms. The Balaban J connectivity index is 1.77. The molecule has 0 bridgehead atoms. The molecule has 0 radical (unpaired) electrons. The summed E-state index contributed by atoms with van der Waals surface area (Å²) < 4.78 is 5.30. The van der Waals surface area contributed by atoms with Gasteiger partial charge in [-0.25, -0.2) is 0 Å². The van der Waals surface area contributed by atoms with E-state index in [2.05, 4.69) is 10.1 Å². The molecule has 3 rings (SSSR count). The maximum Gasteiger partial charge on any atom is 0.240 e. The molecule has 0 spiro atoms. The standard InChI is InChI=1S/C16H18Cl2N4O2/c1-9(13(19)16(23)22-4-2-3-5-22)15-20-14(21-24-15)10-6-11(17)8-12(18)7-10/h6-9,13H,2-5,19H2,1H3/t9-,13-/m0/s1. The molecule has 8 heteroatoms. The molecule has 128 valence electrons. The van der Waals surface area contributed by atoms with Gasteiger partial charge in [-0.15, -0.1) is 0 Å². The molecule has 2 N–H and O–H groups in total. The molecule has 1 aromatic carbocycles. The highest BCUT2D eigenvalue weighted by atomic mass is 35.5. The third-order valence-electron chi connectivity index (χ3n) is 4.19. The van der Waals surface area contributed by atoms with Crippen molar-refractivity contribution in [2.24, 2.45) is 5.73 Å². The summed E-state index contributed by atoms with van der Waals surface area (Å²) in [5.74, 6) is 0.225. The number of hydrogen-bond donors (Lipinski definition) is 1. The minimum Gasteiger partial charge on any atom is -0.341 e. The zero-order valence-electron chi connectivity index (χ0n) is 13.2. The number of nitrogens with zero attached hydrogens (tertiary/aromatic N) is 3. The fraction of sp³-hybridized carbons (Fsp3) is 0.438. The van der Waals surface area contributed by atoms with Crippen LogP contribution >= 0.6 is 23.2 Å². The van der Waals surface area contributed by atoms with Crippen LogP contribution in [0.5, 0.6) is 0 Å². The van der Waals surface area contributed by atoms with Crippen LogP contribution in [0.2, 0.25) is 10.0 Å². The van der Waals surface area contributed by atoms with Crippen LogP contribution in [0.3, 0.4) is 0 Å². The Kier molecular flexibility index (Phi) is 5.08. The lowest BCUT2D eigenvalue weighted by atomic mass is 10.0. The zero-order valence-corrected chi connectivity index (χ0v) is 14.7. The third-order valence-corrected chi connectivity index (χ3v) is 4.63. The molecule has 1 aliphatic heterocycles. The molecule has 1 amide bonds. The van der Waals surface area contributed by atoms with Crippen molar-refractivity contribution in [3.63, 3.8) is 0 Å².